The molecule has 1 aliphatic rings. The van der Waals surface area contributed by atoms with E-state index >= 15 is 0 Å². The molecular weight excluding hydrogens is 270 g/mol. The highest BCUT2D eigenvalue weighted by atomic mass is 16.6. The van der Waals surface area contributed by atoms with Gasteiger partial charge in [-0.2, -0.15) is 0 Å². The maximum absolute atomic E-state index is 12.2. The van der Waals surface area contributed by atoms with Crippen molar-refractivity contribution >= 4 is 17.3 Å². The van der Waals surface area contributed by atoms with Crippen LogP contribution >= 0.6 is 0 Å². The summed E-state index contributed by atoms with van der Waals surface area (Å²) in [6.07, 6.45) is 4.18. The van der Waals surface area contributed by atoms with Crippen LogP contribution in [0, 0.1) is 16.0 Å². The minimum Gasteiger partial charge on any atom is -0.383 e. The molecule has 1 fully saturated rings. The second-order valence-electron chi connectivity index (χ2n) is 5.67. The molecule has 0 unspecified atom stereocenters. The molecule has 0 aromatic heterocycles. The first-order chi connectivity index (χ1) is 10.0. The number of carbonyl (C=O) groups excluding carboxylic acids is 1. The summed E-state index contributed by atoms with van der Waals surface area (Å²) in [6, 6.07) is 4.68. The van der Waals surface area contributed by atoms with Gasteiger partial charge in [-0.15, -0.1) is 0 Å². The van der Waals surface area contributed by atoms with E-state index in [1.807, 2.05) is 0 Å². The molecule has 1 amide bonds. The van der Waals surface area contributed by atoms with Crippen LogP contribution in [0.15, 0.2) is 18.2 Å². The van der Waals surface area contributed by atoms with Crippen LogP contribution in [-0.4, -0.2) is 23.9 Å². The summed E-state index contributed by atoms with van der Waals surface area (Å²) in [5.41, 5.74) is 0.657. The van der Waals surface area contributed by atoms with Gasteiger partial charge in [0.05, 0.1) is 4.92 Å². The van der Waals surface area contributed by atoms with Crippen molar-refractivity contribution in [1.82, 2.24) is 5.32 Å². The molecule has 21 heavy (non-hydrogen) atoms. The second-order valence-corrected chi connectivity index (χ2v) is 5.67. The van der Waals surface area contributed by atoms with E-state index in [9.17, 15) is 14.9 Å². The number of nitro groups is 1. The fourth-order valence-corrected chi connectivity index (χ4v) is 2.71. The summed E-state index contributed by atoms with van der Waals surface area (Å²) in [5, 5.41) is 16.7. The van der Waals surface area contributed by atoms with E-state index in [1.54, 1.807) is 19.2 Å². The summed E-state index contributed by atoms with van der Waals surface area (Å²) in [6.45, 7) is 2.22. The highest BCUT2D eigenvalue weighted by molar-refractivity contribution is 5.95. The minimum absolute atomic E-state index is 0.0811. The average Bonchev–Trinajstić information content (AvgIpc) is 2.48. The van der Waals surface area contributed by atoms with Crippen molar-refractivity contribution in [2.24, 2.45) is 5.92 Å². The predicted octanol–water partition coefficient (Wildman–Crippen LogP) is 2.95. The number of nitro benzene ring substituents is 1. The number of nitrogens with zero attached hydrogens (tertiary/aromatic N) is 1. The lowest BCUT2D eigenvalue weighted by Gasteiger charge is -2.26. The van der Waals surface area contributed by atoms with E-state index in [-0.39, 0.29) is 17.6 Å². The minimum atomic E-state index is -0.481. The molecule has 1 aromatic carbocycles. The highest BCUT2D eigenvalue weighted by Gasteiger charge is 2.22. The van der Waals surface area contributed by atoms with E-state index < -0.39 is 4.92 Å². The van der Waals surface area contributed by atoms with Gasteiger partial charge in [0.25, 0.3) is 11.6 Å². The zero-order valence-corrected chi connectivity index (χ0v) is 12.4. The maximum Gasteiger partial charge on any atom is 0.293 e. The fraction of sp³-hybridized carbons (Fsp3) is 0.533. The standard InChI is InChI=1S/C15H21N3O3/c1-10-3-6-12(7-4-10)17-15(19)11-5-8-13(16-2)14(9-11)18(20)21/h5,8-10,12,16H,3-4,6-7H2,1-2H3,(H,17,19). The molecule has 0 atom stereocenters. The summed E-state index contributed by atoms with van der Waals surface area (Å²) >= 11 is 0. The Hall–Kier alpha value is -2.11. The van der Waals surface area contributed by atoms with E-state index in [2.05, 4.69) is 17.6 Å². The van der Waals surface area contributed by atoms with E-state index in [0.29, 0.717) is 17.2 Å². The van der Waals surface area contributed by atoms with Crippen molar-refractivity contribution in [3.8, 4) is 0 Å². The van der Waals surface area contributed by atoms with Gasteiger partial charge in [-0.05, 0) is 43.7 Å². The van der Waals surface area contributed by atoms with Crippen LogP contribution in [0.1, 0.15) is 43.0 Å². The molecule has 0 heterocycles. The van der Waals surface area contributed by atoms with Crippen LogP contribution in [0.4, 0.5) is 11.4 Å². The summed E-state index contributed by atoms with van der Waals surface area (Å²) in [5.74, 6) is 0.481. The largest absolute Gasteiger partial charge is 0.383 e. The molecular formula is C15H21N3O3. The molecule has 2 N–H and O–H groups in total. The van der Waals surface area contributed by atoms with Gasteiger partial charge in [0, 0.05) is 24.7 Å². The first-order valence-electron chi connectivity index (χ1n) is 7.28. The molecule has 114 valence electrons. The number of benzene rings is 1. The van der Waals surface area contributed by atoms with E-state index in [4.69, 9.17) is 0 Å². The van der Waals surface area contributed by atoms with Crippen LogP contribution in [0.3, 0.4) is 0 Å². The Labute approximate surface area is 124 Å². The molecule has 6 nitrogen and oxygen atoms in total. The van der Waals surface area contributed by atoms with Crippen LogP contribution < -0.4 is 10.6 Å². The van der Waals surface area contributed by atoms with Crippen molar-refractivity contribution in [3.63, 3.8) is 0 Å². The summed E-state index contributed by atoms with van der Waals surface area (Å²) in [4.78, 5) is 22.7. The van der Waals surface area contributed by atoms with Crippen LogP contribution in [-0.2, 0) is 0 Å². The third-order valence-electron chi connectivity index (χ3n) is 4.08. The predicted molar refractivity (Wildman–Crippen MR) is 81.5 cm³/mol. The van der Waals surface area contributed by atoms with Crippen molar-refractivity contribution in [3.05, 3.63) is 33.9 Å². The number of hydrogen-bond acceptors (Lipinski definition) is 4. The number of nitrogens with one attached hydrogen (secondary N) is 2. The smallest absolute Gasteiger partial charge is 0.293 e. The quantitative estimate of drug-likeness (QED) is 0.660. The monoisotopic (exact) mass is 291 g/mol. The van der Waals surface area contributed by atoms with Crippen molar-refractivity contribution in [2.45, 2.75) is 38.6 Å². The Morgan fingerprint density at radius 1 is 1.29 bits per heavy atom. The molecule has 2 rings (SSSR count). The second kappa shape index (κ2) is 6.56. The molecule has 1 saturated carbocycles. The van der Waals surface area contributed by atoms with Gasteiger partial charge in [-0.3, -0.25) is 14.9 Å². The number of amides is 1. The number of hydrogen-bond donors (Lipinski definition) is 2. The summed E-state index contributed by atoms with van der Waals surface area (Å²) < 4.78 is 0. The zero-order valence-electron chi connectivity index (χ0n) is 12.4. The summed E-state index contributed by atoms with van der Waals surface area (Å²) in [7, 11) is 1.62. The molecule has 1 aliphatic carbocycles. The number of anilines is 1. The van der Waals surface area contributed by atoms with E-state index in [1.165, 1.54) is 6.07 Å². The third kappa shape index (κ3) is 3.71. The van der Waals surface area contributed by atoms with Gasteiger partial charge >= 0.3 is 0 Å². The normalized spacial score (nSPS) is 21.6. The Morgan fingerprint density at radius 2 is 1.95 bits per heavy atom. The molecule has 0 radical (unpaired) electrons. The van der Waals surface area contributed by atoms with Gasteiger partial charge in [0.1, 0.15) is 5.69 Å². The average molecular weight is 291 g/mol. The number of rotatable bonds is 4. The fourth-order valence-electron chi connectivity index (χ4n) is 2.71. The van der Waals surface area contributed by atoms with Crippen LogP contribution in [0.25, 0.3) is 0 Å². The lowest BCUT2D eigenvalue weighted by molar-refractivity contribution is -0.384. The molecule has 0 bridgehead atoms. The van der Waals surface area contributed by atoms with Crippen LogP contribution in [0.5, 0.6) is 0 Å². The number of carbonyl (C=O) groups is 1. The lowest BCUT2D eigenvalue weighted by atomic mass is 9.87. The van der Waals surface area contributed by atoms with Gasteiger partial charge < -0.3 is 10.6 Å². The van der Waals surface area contributed by atoms with E-state index in [0.717, 1.165) is 25.7 Å². The van der Waals surface area contributed by atoms with Gasteiger partial charge in [-0.1, -0.05) is 6.92 Å². The molecule has 0 saturated heterocycles. The topological polar surface area (TPSA) is 84.3 Å². The first-order valence-corrected chi connectivity index (χ1v) is 7.28. The van der Waals surface area contributed by atoms with Crippen LogP contribution in [0.2, 0.25) is 0 Å². The van der Waals surface area contributed by atoms with Crippen molar-refractivity contribution in [1.29, 1.82) is 0 Å². The highest BCUT2D eigenvalue weighted by Crippen LogP contribution is 2.26. The Morgan fingerprint density at radius 3 is 2.52 bits per heavy atom. The molecule has 6 heteroatoms. The molecule has 0 spiro atoms. The Balaban J connectivity index is 2.09. The van der Waals surface area contributed by atoms with Gasteiger partial charge in [0.2, 0.25) is 0 Å². The molecule has 0 aliphatic heterocycles. The SMILES string of the molecule is CNc1ccc(C(=O)NC2CCC(C)CC2)cc1[N+](=O)[O-]. The van der Waals surface area contributed by atoms with Gasteiger partial charge in [-0.25, -0.2) is 0 Å². The first kappa shape index (κ1) is 15.3. The third-order valence-corrected chi connectivity index (χ3v) is 4.08. The van der Waals surface area contributed by atoms with Gasteiger partial charge in [0.15, 0.2) is 0 Å². The van der Waals surface area contributed by atoms with Crippen molar-refractivity contribution in [2.75, 3.05) is 12.4 Å². The zero-order chi connectivity index (χ0) is 15.4. The molecule has 1 aromatic rings. The Bertz CT molecular complexity index is 537. The maximum atomic E-state index is 12.2. The Kier molecular flexibility index (Phi) is 4.77. The lowest BCUT2D eigenvalue weighted by Crippen LogP contribution is -2.37. The van der Waals surface area contributed by atoms with Crippen molar-refractivity contribution < 1.29 is 9.72 Å².